The van der Waals surface area contributed by atoms with Crippen LogP contribution in [0.15, 0.2) is 18.2 Å². The number of methoxy groups -OCH3 is 1. The van der Waals surface area contributed by atoms with Gasteiger partial charge in [0.2, 0.25) is 0 Å². The van der Waals surface area contributed by atoms with Crippen molar-refractivity contribution in [3.8, 4) is 11.5 Å². The summed E-state index contributed by atoms with van der Waals surface area (Å²) in [5.41, 5.74) is 1.04. The average Bonchev–Trinajstić information content (AvgIpc) is 2.16. The van der Waals surface area contributed by atoms with Gasteiger partial charge in [-0.05, 0) is 24.1 Å². The normalized spacial score (nSPS) is 10.2. The van der Waals surface area contributed by atoms with E-state index in [1.807, 2.05) is 12.1 Å². The topological polar surface area (TPSA) is 35.5 Å². The molecule has 15 heavy (non-hydrogen) atoms. The minimum Gasteiger partial charge on any atom is -0.496 e. The average molecular weight is 208 g/mol. The maximum atomic E-state index is 10.8. The fourth-order valence-corrected chi connectivity index (χ4v) is 1.39. The summed E-state index contributed by atoms with van der Waals surface area (Å²) in [6.45, 7) is 5.52. The van der Waals surface area contributed by atoms with Gasteiger partial charge in [0.15, 0.2) is 0 Å². The van der Waals surface area contributed by atoms with E-state index in [2.05, 4.69) is 13.8 Å². The van der Waals surface area contributed by atoms with Crippen LogP contribution in [0.3, 0.4) is 0 Å². The summed E-state index contributed by atoms with van der Waals surface area (Å²) in [6.07, 6.45) is 0. The Morgan fingerprint density at radius 1 is 1.33 bits per heavy atom. The van der Waals surface area contributed by atoms with Gasteiger partial charge in [0, 0.05) is 12.5 Å². The highest BCUT2D eigenvalue weighted by molar-refractivity contribution is 5.69. The molecule has 1 rings (SSSR count). The minimum absolute atomic E-state index is 0.310. The van der Waals surface area contributed by atoms with Gasteiger partial charge in [-0.3, -0.25) is 4.79 Å². The van der Waals surface area contributed by atoms with Crippen LogP contribution in [-0.4, -0.2) is 13.1 Å². The summed E-state index contributed by atoms with van der Waals surface area (Å²) in [5, 5.41) is 0. The highest BCUT2D eigenvalue weighted by Gasteiger charge is 2.09. The molecule has 0 atom stereocenters. The first-order valence-corrected chi connectivity index (χ1v) is 4.91. The molecule has 0 radical (unpaired) electrons. The van der Waals surface area contributed by atoms with Crippen LogP contribution in [0.5, 0.6) is 11.5 Å². The number of benzene rings is 1. The van der Waals surface area contributed by atoms with Gasteiger partial charge in [-0.25, -0.2) is 0 Å². The molecule has 0 amide bonds. The number of rotatable bonds is 3. The molecule has 0 heterocycles. The number of hydrogen-bond acceptors (Lipinski definition) is 3. The molecule has 0 aromatic heterocycles. The fraction of sp³-hybridized carbons (Fsp3) is 0.417. The van der Waals surface area contributed by atoms with E-state index in [-0.39, 0.29) is 5.97 Å². The van der Waals surface area contributed by atoms with E-state index in [0.29, 0.717) is 11.7 Å². The second-order valence-electron chi connectivity index (χ2n) is 3.65. The summed E-state index contributed by atoms with van der Waals surface area (Å²) >= 11 is 0. The predicted molar refractivity (Wildman–Crippen MR) is 58.4 cm³/mol. The lowest BCUT2D eigenvalue weighted by atomic mass is 10.0. The van der Waals surface area contributed by atoms with Crippen molar-refractivity contribution in [2.24, 2.45) is 0 Å². The molecule has 0 bridgehead atoms. The minimum atomic E-state index is -0.310. The molecule has 0 aliphatic heterocycles. The van der Waals surface area contributed by atoms with E-state index in [4.69, 9.17) is 9.47 Å². The predicted octanol–water partition coefficient (Wildman–Crippen LogP) is 2.74. The Morgan fingerprint density at radius 2 is 2.00 bits per heavy atom. The summed E-state index contributed by atoms with van der Waals surface area (Å²) in [4.78, 5) is 10.8. The number of hydrogen-bond donors (Lipinski definition) is 0. The van der Waals surface area contributed by atoms with Gasteiger partial charge in [-0.2, -0.15) is 0 Å². The second kappa shape index (κ2) is 4.82. The largest absolute Gasteiger partial charge is 0.496 e. The van der Waals surface area contributed by atoms with E-state index in [0.717, 1.165) is 11.3 Å². The maximum absolute atomic E-state index is 10.8. The van der Waals surface area contributed by atoms with Gasteiger partial charge in [0.25, 0.3) is 0 Å². The highest BCUT2D eigenvalue weighted by Crippen LogP contribution is 2.30. The zero-order valence-electron chi connectivity index (χ0n) is 9.53. The van der Waals surface area contributed by atoms with Gasteiger partial charge in [0.1, 0.15) is 11.5 Å². The summed E-state index contributed by atoms with van der Waals surface area (Å²) < 4.78 is 10.2. The van der Waals surface area contributed by atoms with Crippen LogP contribution in [0, 0.1) is 0 Å². The zero-order valence-corrected chi connectivity index (χ0v) is 9.53. The van der Waals surface area contributed by atoms with E-state index in [1.165, 1.54) is 6.92 Å². The Morgan fingerprint density at radius 3 is 2.47 bits per heavy atom. The second-order valence-corrected chi connectivity index (χ2v) is 3.65. The first kappa shape index (κ1) is 11.6. The van der Waals surface area contributed by atoms with Gasteiger partial charge < -0.3 is 9.47 Å². The summed E-state index contributed by atoms with van der Waals surface area (Å²) in [7, 11) is 1.63. The molecular formula is C12H16O3. The van der Waals surface area contributed by atoms with Crippen LogP contribution in [-0.2, 0) is 4.79 Å². The van der Waals surface area contributed by atoms with Crippen molar-refractivity contribution >= 4 is 5.97 Å². The van der Waals surface area contributed by atoms with Gasteiger partial charge in [-0.15, -0.1) is 0 Å². The first-order chi connectivity index (χ1) is 7.04. The zero-order chi connectivity index (χ0) is 11.4. The van der Waals surface area contributed by atoms with Crippen molar-refractivity contribution in [3.05, 3.63) is 23.8 Å². The fourth-order valence-electron chi connectivity index (χ4n) is 1.39. The Labute approximate surface area is 90.0 Å². The quantitative estimate of drug-likeness (QED) is 0.566. The molecule has 0 saturated carbocycles. The third-order valence-electron chi connectivity index (χ3n) is 2.08. The van der Waals surface area contributed by atoms with Gasteiger partial charge in [0.05, 0.1) is 7.11 Å². The van der Waals surface area contributed by atoms with E-state index < -0.39 is 0 Å². The molecule has 3 heteroatoms. The molecular weight excluding hydrogens is 192 g/mol. The van der Waals surface area contributed by atoms with Crippen LogP contribution in [0.2, 0.25) is 0 Å². The van der Waals surface area contributed by atoms with E-state index in [9.17, 15) is 4.79 Å². The van der Waals surface area contributed by atoms with Crippen molar-refractivity contribution < 1.29 is 14.3 Å². The maximum Gasteiger partial charge on any atom is 0.308 e. The highest BCUT2D eigenvalue weighted by atomic mass is 16.5. The molecule has 0 aliphatic rings. The lowest BCUT2D eigenvalue weighted by Crippen LogP contribution is -2.02. The van der Waals surface area contributed by atoms with Crippen molar-refractivity contribution in [3.63, 3.8) is 0 Å². The number of carbonyl (C=O) groups is 1. The number of ether oxygens (including phenoxy) is 2. The Kier molecular flexibility index (Phi) is 3.72. The molecule has 0 unspecified atom stereocenters. The summed E-state index contributed by atoms with van der Waals surface area (Å²) in [6, 6.07) is 5.38. The van der Waals surface area contributed by atoms with Crippen LogP contribution in [0.25, 0.3) is 0 Å². The molecule has 0 N–H and O–H groups in total. The van der Waals surface area contributed by atoms with Gasteiger partial charge >= 0.3 is 5.97 Å². The van der Waals surface area contributed by atoms with Crippen molar-refractivity contribution in [1.82, 2.24) is 0 Å². The third kappa shape index (κ3) is 2.98. The van der Waals surface area contributed by atoms with Crippen molar-refractivity contribution in [2.45, 2.75) is 26.7 Å². The summed E-state index contributed by atoms with van der Waals surface area (Å²) in [5.74, 6) is 1.40. The lowest BCUT2D eigenvalue weighted by Gasteiger charge is -2.12. The van der Waals surface area contributed by atoms with Crippen LogP contribution < -0.4 is 9.47 Å². The van der Waals surface area contributed by atoms with Crippen LogP contribution in [0.4, 0.5) is 0 Å². The van der Waals surface area contributed by atoms with Gasteiger partial charge in [-0.1, -0.05) is 13.8 Å². The molecule has 1 aromatic rings. The van der Waals surface area contributed by atoms with Crippen molar-refractivity contribution in [1.29, 1.82) is 0 Å². The third-order valence-corrected chi connectivity index (χ3v) is 2.08. The SMILES string of the molecule is COc1ccc(OC(C)=O)cc1C(C)C. The number of esters is 1. The first-order valence-electron chi connectivity index (χ1n) is 4.91. The molecule has 0 saturated heterocycles. The Bertz CT molecular complexity index is 356. The smallest absolute Gasteiger partial charge is 0.308 e. The molecule has 3 nitrogen and oxygen atoms in total. The molecule has 0 aliphatic carbocycles. The molecule has 0 spiro atoms. The van der Waals surface area contributed by atoms with E-state index in [1.54, 1.807) is 13.2 Å². The molecule has 0 fully saturated rings. The number of carbonyl (C=O) groups excluding carboxylic acids is 1. The molecule has 82 valence electrons. The van der Waals surface area contributed by atoms with Crippen LogP contribution in [0.1, 0.15) is 32.3 Å². The Balaban J connectivity index is 3.04. The molecule has 1 aromatic carbocycles. The van der Waals surface area contributed by atoms with Crippen LogP contribution >= 0.6 is 0 Å². The lowest BCUT2D eigenvalue weighted by molar-refractivity contribution is -0.131. The Hall–Kier alpha value is -1.51. The standard InChI is InChI=1S/C12H16O3/c1-8(2)11-7-10(15-9(3)13)5-6-12(11)14-4/h5-8H,1-4H3. The van der Waals surface area contributed by atoms with Crippen molar-refractivity contribution in [2.75, 3.05) is 7.11 Å². The monoisotopic (exact) mass is 208 g/mol. The van der Waals surface area contributed by atoms with E-state index >= 15 is 0 Å².